The molecule has 1 aliphatic rings. The highest BCUT2D eigenvalue weighted by Gasteiger charge is 2.23. The van der Waals surface area contributed by atoms with Gasteiger partial charge in [-0.1, -0.05) is 38.8 Å². The maximum atomic E-state index is 6.24. The van der Waals surface area contributed by atoms with Gasteiger partial charge in [0.1, 0.15) is 11.9 Å². The second-order valence-corrected chi connectivity index (χ2v) is 6.07. The fraction of sp³-hybridized carbons (Fsp3) is 0.667. The number of hydrogen-bond donors (Lipinski definition) is 1. The average molecular weight is 275 g/mol. The summed E-state index contributed by atoms with van der Waals surface area (Å²) in [5, 5.41) is 3.43. The molecule has 2 nitrogen and oxygen atoms in total. The van der Waals surface area contributed by atoms with Gasteiger partial charge in [0.15, 0.2) is 0 Å². The fourth-order valence-corrected chi connectivity index (χ4v) is 3.03. The molecule has 1 N–H and O–H groups in total. The monoisotopic (exact) mass is 275 g/mol. The normalized spacial score (nSPS) is 24.9. The number of ether oxygens (including phenoxy) is 1. The number of benzene rings is 1. The summed E-state index contributed by atoms with van der Waals surface area (Å²) in [6, 6.07) is 9.20. The highest BCUT2D eigenvalue weighted by atomic mass is 16.5. The van der Waals surface area contributed by atoms with Crippen LogP contribution in [0, 0.1) is 0 Å². The topological polar surface area (TPSA) is 21.3 Å². The molecule has 1 aliphatic carbocycles. The lowest BCUT2D eigenvalue weighted by Crippen LogP contribution is -2.40. The lowest BCUT2D eigenvalue weighted by Gasteiger charge is -2.26. The van der Waals surface area contributed by atoms with E-state index in [4.69, 9.17) is 4.74 Å². The van der Waals surface area contributed by atoms with Gasteiger partial charge in [0, 0.05) is 6.04 Å². The molecule has 1 fully saturated rings. The van der Waals surface area contributed by atoms with Crippen molar-refractivity contribution in [1.29, 1.82) is 0 Å². The molecule has 0 spiro atoms. The van der Waals surface area contributed by atoms with Crippen molar-refractivity contribution in [2.45, 2.75) is 70.4 Å². The van der Waals surface area contributed by atoms with Crippen molar-refractivity contribution in [3.8, 4) is 5.75 Å². The van der Waals surface area contributed by atoms with Crippen molar-refractivity contribution in [1.82, 2.24) is 5.32 Å². The molecule has 0 heterocycles. The van der Waals surface area contributed by atoms with Crippen LogP contribution in [0.5, 0.6) is 5.75 Å². The first-order valence-corrected chi connectivity index (χ1v) is 8.18. The molecular formula is C18H29NO. The number of likely N-dealkylation sites (N-methyl/N-ethyl adjacent to an activating group) is 1. The van der Waals surface area contributed by atoms with E-state index in [1.807, 2.05) is 0 Å². The minimum Gasteiger partial charge on any atom is -0.489 e. The molecule has 0 amide bonds. The van der Waals surface area contributed by atoms with Gasteiger partial charge in [-0.15, -0.1) is 0 Å². The summed E-state index contributed by atoms with van der Waals surface area (Å²) in [4.78, 5) is 0. The van der Waals surface area contributed by atoms with Gasteiger partial charge >= 0.3 is 0 Å². The first kappa shape index (κ1) is 15.4. The molecule has 2 rings (SSSR count). The van der Waals surface area contributed by atoms with Crippen LogP contribution in [-0.2, 0) is 0 Å². The minimum absolute atomic E-state index is 0.317. The Hall–Kier alpha value is -1.02. The van der Waals surface area contributed by atoms with Crippen LogP contribution in [0.25, 0.3) is 0 Å². The Labute approximate surface area is 123 Å². The zero-order chi connectivity index (χ0) is 14.4. The van der Waals surface area contributed by atoms with Crippen molar-refractivity contribution in [2.24, 2.45) is 0 Å². The van der Waals surface area contributed by atoms with Crippen molar-refractivity contribution in [3.63, 3.8) is 0 Å². The van der Waals surface area contributed by atoms with Crippen LogP contribution in [0.3, 0.4) is 0 Å². The summed E-state index contributed by atoms with van der Waals surface area (Å²) in [6.07, 6.45) is 7.84. The van der Waals surface area contributed by atoms with E-state index in [9.17, 15) is 0 Å². The van der Waals surface area contributed by atoms with Crippen molar-refractivity contribution in [2.75, 3.05) is 7.05 Å². The van der Waals surface area contributed by atoms with E-state index in [-0.39, 0.29) is 0 Å². The molecule has 3 unspecified atom stereocenters. The number of nitrogens with one attached hydrogen (secondary N) is 1. The predicted molar refractivity (Wildman–Crippen MR) is 85.5 cm³/mol. The van der Waals surface area contributed by atoms with Crippen LogP contribution < -0.4 is 10.1 Å². The Morgan fingerprint density at radius 3 is 2.50 bits per heavy atom. The van der Waals surface area contributed by atoms with E-state index >= 15 is 0 Å². The van der Waals surface area contributed by atoms with E-state index in [0.29, 0.717) is 18.1 Å². The molecule has 1 aromatic rings. The first-order chi connectivity index (χ1) is 9.74. The molecule has 2 heteroatoms. The van der Waals surface area contributed by atoms with E-state index in [1.165, 1.54) is 44.1 Å². The Morgan fingerprint density at radius 2 is 1.85 bits per heavy atom. The molecule has 3 atom stereocenters. The van der Waals surface area contributed by atoms with Crippen LogP contribution in [0.1, 0.15) is 63.9 Å². The summed E-state index contributed by atoms with van der Waals surface area (Å²) in [6.45, 7) is 4.51. The third-order valence-electron chi connectivity index (χ3n) is 4.67. The fourth-order valence-electron chi connectivity index (χ4n) is 3.03. The SMILES string of the molecule is CCC(C)c1ccc(OC2CCCCCC2NC)cc1. The zero-order valence-electron chi connectivity index (χ0n) is 13.2. The lowest BCUT2D eigenvalue weighted by molar-refractivity contribution is 0.149. The smallest absolute Gasteiger partial charge is 0.119 e. The molecule has 112 valence electrons. The highest BCUT2D eigenvalue weighted by Crippen LogP contribution is 2.25. The number of rotatable bonds is 5. The molecule has 0 aromatic heterocycles. The Kier molecular flexibility index (Phi) is 5.90. The molecule has 1 saturated carbocycles. The predicted octanol–water partition coefficient (Wildman–Crippen LogP) is 4.50. The molecule has 20 heavy (non-hydrogen) atoms. The standard InChI is InChI=1S/C18H29NO/c1-4-14(2)15-10-12-16(13-11-15)20-18-9-7-5-6-8-17(18)19-3/h10-14,17-19H,4-9H2,1-3H3. The largest absolute Gasteiger partial charge is 0.489 e. The maximum Gasteiger partial charge on any atom is 0.119 e. The second-order valence-electron chi connectivity index (χ2n) is 6.07. The van der Waals surface area contributed by atoms with Crippen molar-refractivity contribution < 1.29 is 4.74 Å². The van der Waals surface area contributed by atoms with Gasteiger partial charge in [0.25, 0.3) is 0 Å². The van der Waals surface area contributed by atoms with E-state index in [0.717, 1.165) is 5.75 Å². The molecular weight excluding hydrogens is 246 g/mol. The van der Waals surface area contributed by atoms with Gasteiger partial charge in [-0.3, -0.25) is 0 Å². The van der Waals surface area contributed by atoms with E-state index in [2.05, 4.69) is 50.5 Å². The van der Waals surface area contributed by atoms with Crippen molar-refractivity contribution >= 4 is 0 Å². The molecule has 0 saturated heterocycles. The summed E-state index contributed by atoms with van der Waals surface area (Å²) in [7, 11) is 2.05. The quantitative estimate of drug-likeness (QED) is 0.799. The number of hydrogen-bond acceptors (Lipinski definition) is 2. The summed E-state index contributed by atoms with van der Waals surface area (Å²) >= 11 is 0. The highest BCUT2D eigenvalue weighted by molar-refractivity contribution is 5.29. The maximum absolute atomic E-state index is 6.24. The molecule has 0 radical (unpaired) electrons. The van der Waals surface area contributed by atoms with Crippen LogP contribution in [0.4, 0.5) is 0 Å². The van der Waals surface area contributed by atoms with Crippen LogP contribution in [0.2, 0.25) is 0 Å². The molecule has 0 bridgehead atoms. The van der Waals surface area contributed by atoms with Crippen molar-refractivity contribution in [3.05, 3.63) is 29.8 Å². The summed E-state index contributed by atoms with van der Waals surface area (Å²) < 4.78 is 6.24. The minimum atomic E-state index is 0.317. The Bertz CT molecular complexity index is 387. The van der Waals surface area contributed by atoms with Crippen LogP contribution in [0.15, 0.2) is 24.3 Å². The van der Waals surface area contributed by atoms with Gasteiger partial charge < -0.3 is 10.1 Å². The van der Waals surface area contributed by atoms with Gasteiger partial charge in [0.05, 0.1) is 0 Å². The van der Waals surface area contributed by atoms with Crippen LogP contribution in [-0.4, -0.2) is 19.2 Å². The first-order valence-electron chi connectivity index (χ1n) is 8.18. The third kappa shape index (κ3) is 3.99. The zero-order valence-corrected chi connectivity index (χ0v) is 13.2. The summed E-state index contributed by atoms with van der Waals surface area (Å²) in [5.74, 6) is 1.65. The van der Waals surface area contributed by atoms with Gasteiger partial charge in [-0.25, -0.2) is 0 Å². The van der Waals surface area contributed by atoms with Crippen LogP contribution >= 0.6 is 0 Å². The Morgan fingerprint density at radius 1 is 1.15 bits per heavy atom. The van der Waals surface area contributed by atoms with E-state index in [1.54, 1.807) is 0 Å². The summed E-state index contributed by atoms with van der Waals surface area (Å²) in [5.41, 5.74) is 1.41. The van der Waals surface area contributed by atoms with Gasteiger partial charge in [0.2, 0.25) is 0 Å². The lowest BCUT2D eigenvalue weighted by atomic mass is 9.99. The second kappa shape index (κ2) is 7.68. The molecule has 1 aromatic carbocycles. The average Bonchev–Trinajstić information content (AvgIpc) is 2.72. The van der Waals surface area contributed by atoms with E-state index < -0.39 is 0 Å². The third-order valence-corrected chi connectivity index (χ3v) is 4.67. The van der Waals surface area contributed by atoms with Gasteiger partial charge in [-0.05, 0) is 56.3 Å². The Balaban J connectivity index is 2.00. The molecule has 0 aliphatic heterocycles. The van der Waals surface area contributed by atoms with Gasteiger partial charge in [-0.2, -0.15) is 0 Å².